The molecule has 0 unspecified atom stereocenters. The van der Waals surface area contributed by atoms with Crippen molar-refractivity contribution in [2.24, 2.45) is 0 Å². The molecule has 3 heteroatoms. The van der Waals surface area contributed by atoms with Crippen molar-refractivity contribution in [2.45, 2.75) is 18.9 Å². The second-order valence-electron chi connectivity index (χ2n) is 3.70. The highest BCUT2D eigenvalue weighted by Gasteiger charge is 2.19. The van der Waals surface area contributed by atoms with E-state index in [4.69, 9.17) is 0 Å². The van der Waals surface area contributed by atoms with E-state index < -0.39 is 0 Å². The standard InChI is InChI=1S/C9H19FN2/c1-11-6-3-9(4-7-11)12(2)8-5-10/h9H,3-8H2,1-2H3. The Morgan fingerprint density at radius 1 is 1.42 bits per heavy atom. The molecule has 0 aliphatic carbocycles. The molecule has 2 nitrogen and oxygen atoms in total. The van der Waals surface area contributed by atoms with Crippen molar-refractivity contribution in [2.75, 3.05) is 40.4 Å². The van der Waals surface area contributed by atoms with Crippen LogP contribution in [0.3, 0.4) is 0 Å². The zero-order chi connectivity index (χ0) is 8.97. The second-order valence-corrected chi connectivity index (χ2v) is 3.70. The van der Waals surface area contributed by atoms with Gasteiger partial charge >= 0.3 is 0 Å². The van der Waals surface area contributed by atoms with E-state index in [1.54, 1.807) is 0 Å². The molecular weight excluding hydrogens is 155 g/mol. The van der Waals surface area contributed by atoms with Gasteiger partial charge in [0.15, 0.2) is 0 Å². The number of piperidine rings is 1. The fraction of sp³-hybridized carbons (Fsp3) is 1.00. The Morgan fingerprint density at radius 2 is 2.00 bits per heavy atom. The van der Waals surface area contributed by atoms with Gasteiger partial charge in [-0.2, -0.15) is 0 Å². The van der Waals surface area contributed by atoms with E-state index >= 15 is 0 Å². The SMILES string of the molecule is CN1CCC(N(C)CCF)CC1. The fourth-order valence-corrected chi connectivity index (χ4v) is 1.75. The topological polar surface area (TPSA) is 6.48 Å². The average Bonchev–Trinajstić information content (AvgIpc) is 2.06. The molecule has 1 fully saturated rings. The first-order chi connectivity index (χ1) is 5.74. The third-order valence-electron chi connectivity index (χ3n) is 2.75. The molecule has 0 radical (unpaired) electrons. The minimum atomic E-state index is -0.219. The Balaban J connectivity index is 2.24. The van der Waals surface area contributed by atoms with E-state index in [1.165, 1.54) is 12.8 Å². The van der Waals surface area contributed by atoms with E-state index in [0.29, 0.717) is 12.6 Å². The minimum absolute atomic E-state index is 0.219. The van der Waals surface area contributed by atoms with Crippen molar-refractivity contribution < 1.29 is 4.39 Å². The fourth-order valence-electron chi connectivity index (χ4n) is 1.75. The molecule has 72 valence electrons. The summed E-state index contributed by atoms with van der Waals surface area (Å²) in [7, 11) is 4.17. The smallest absolute Gasteiger partial charge is 0.102 e. The summed E-state index contributed by atoms with van der Waals surface area (Å²) in [5.74, 6) is 0. The van der Waals surface area contributed by atoms with Crippen molar-refractivity contribution in [3.63, 3.8) is 0 Å². The summed E-state index contributed by atoms with van der Waals surface area (Å²) in [5, 5.41) is 0. The van der Waals surface area contributed by atoms with Gasteiger partial charge < -0.3 is 9.80 Å². The molecular formula is C9H19FN2. The van der Waals surface area contributed by atoms with Crippen LogP contribution in [0.25, 0.3) is 0 Å². The van der Waals surface area contributed by atoms with Crippen molar-refractivity contribution in [1.29, 1.82) is 0 Å². The average molecular weight is 174 g/mol. The van der Waals surface area contributed by atoms with E-state index in [2.05, 4.69) is 16.8 Å². The lowest BCUT2D eigenvalue weighted by Crippen LogP contribution is -2.42. The van der Waals surface area contributed by atoms with Crippen molar-refractivity contribution >= 4 is 0 Å². The third kappa shape index (κ3) is 2.72. The lowest BCUT2D eigenvalue weighted by Gasteiger charge is -2.34. The number of likely N-dealkylation sites (tertiary alicyclic amines) is 1. The number of hydrogen-bond donors (Lipinski definition) is 0. The summed E-state index contributed by atoms with van der Waals surface area (Å²) in [6.45, 7) is 2.68. The van der Waals surface area contributed by atoms with E-state index in [-0.39, 0.29) is 6.67 Å². The molecule has 0 aromatic heterocycles. The molecule has 1 aliphatic rings. The van der Waals surface area contributed by atoms with Crippen LogP contribution in [0.5, 0.6) is 0 Å². The molecule has 1 heterocycles. The first kappa shape index (κ1) is 9.93. The van der Waals surface area contributed by atoms with Crippen LogP contribution in [0.2, 0.25) is 0 Å². The van der Waals surface area contributed by atoms with E-state index in [9.17, 15) is 4.39 Å². The number of rotatable bonds is 3. The molecule has 1 saturated heterocycles. The molecule has 12 heavy (non-hydrogen) atoms. The van der Waals surface area contributed by atoms with Gasteiger partial charge in [0.25, 0.3) is 0 Å². The Bertz CT molecular complexity index is 122. The van der Waals surface area contributed by atoms with Crippen molar-refractivity contribution in [1.82, 2.24) is 9.80 Å². The van der Waals surface area contributed by atoms with E-state index in [0.717, 1.165) is 13.1 Å². The van der Waals surface area contributed by atoms with Crippen LogP contribution in [0.4, 0.5) is 4.39 Å². The highest BCUT2D eigenvalue weighted by Crippen LogP contribution is 2.13. The van der Waals surface area contributed by atoms with Gasteiger partial charge in [0, 0.05) is 12.6 Å². The predicted octanol–water partition coefficient (Wildman–Crippen LogP) is 0.982. The van der Waals surface area contributed by atoms with Crippen LogP contribution < -0.4 is 0 Å². The number of halogens is 1. The van der Waals surface area contributed by atoms with Gasteiger partial charge in [-0.3, -0.25) is 0 Å². The summed E-state index contributed by atoms with van der Waals surface area (Å²) in [5.41, 5.74) is 0. The summed E-state index contributed by atoms with van der Waals surface area (Å²) in [4.78, 5) is 4.48. The predicted molar refractivity (Wildman–Crippen MR) is 49.1 cm³/mol. The van der Waals surface area contributed by atoms with Gasteiger partial charge in [0.05, 0.1) is 0 Å². The van der Waals surface area contributed by atoms with Gasteiger partial charge in [-0.05, 0) is 40.0 Å². The Hall–Kier alpha value is -0.150. The van der Waals surface area contributed by atoms with Gasteiger partial charge in [0.1, 0.15) is 6.67 Å². The third-order valence-corrected chi connectivity index (χ3v) is 2.75. The van der Waals surface area contributed by atoms with Crippen LogP contribution in [-0.2, 0) is 0 Å². The summed E-state index contributed by atoms with van der Waals surface area (Å²) >= 11 is 0. The van der Waals surface area contributed by atoms with Crippen LogP contribution in [-0.4, -0.2) is 56.2 Å². The highest BCUT2D eigenvalue weighted by atomic mass is 19.1. The van der Waals surface area contributed by atoms with Gasteiger partial charge in [-0.25, -0.2) is 4.39 Å². The van der Waals surface area contributed by atoms with E-state index in [1.807, 2.05) is 7.05 Å². The highest BCUT2D eigenvalue weighted by molar-refractivity contribution is 4.76. The Kier molecular flexibility index (Phi) is 3.95. The normalized spacial score (nSPS) is 22.0. The lowest BCUT2D eigenvalue weighted by molar-refractivity contribution is 0.138. The molecule has 0 atom stereocenters. The van der Waals surface area contributed by atoms with Crippen molar-refractivity contribution in [3.8, 4) is 0 Å². The zero-order valence-corrected chi connectivity index (χ0v) is 8.09. The zero-order valence-electron chi connectivity index (χ0n) is 8.09. The van der Waals surface area contributed by atoms with Gasteiger partial charge in [-0.15, -0.1) is 0 Å². The van der Waals surface area contributed by atoms with Crippen molar-refractivity contribution in [3.05, 3.63) is 0 Å². The summed E-state index contributed by atoms with van der Waals surface area (Å²) in [6.07, 6.45) is 2.38. The molecule has 1 aliphatic heterocycles. The first-order valence-corrected chi connectivity index (χ1v) is 4.69. The molecule has 0 amide bonds. The monoisotopic (exact) mass is 174 g/mol. The van der Waals surface area contributed by atoms with Crippen LogP contribution in [0.1, 0.15) is 12.8 Å². The number of alkyl halides is 1. The maximum Gasteiger partial charge on any atom is 0.102 e. The molecule has 0 saturated carbocycles. The molecule has 0 N–H and O–H groups in total. The quantitative estimate of drug-likeness (QED) is 0.629. The van der Waals surface area contributed by atoms with Crippen LogP contribution in [0.15, 0.2) is 0 Å². The second kappa shape index (κ2) is 4.77. The summed E-state index contributed by atoms with van der Waals surface area (Å²) in [6, 6.07) is 0.608. The maximum absolute atomic E-state index is 12.0. The molecule has 0 aromatic rings. The Labute approximate surface area is 74.3 Å². The lowest BCUT2D eigenvalue weighted by atomic mass is 10.0. The molecule has 0 bridgehead atoms. The first-order valence-electron chi connectivity index (χ1n) is 4.69. The van der Waals surface area contributed by atoms with Gasteiger partial charge in [-0.1, -0.05) is 0 Å². The number of nitrogens with zero attached hydrogens (tertiary/aromatic N) is 2. The van der Waals surface area contributed by atoms with Crippen LogP contribution in [0, 0.1) is 0 Å². The molecule has 0 aromatic carbocycles. The minimum Gasteiger partial charge on any atom is -0.306 e. The van der Waals surface area contributed by atoms with Crippen LogP contribution >= 0.6 is 0 Å². The molecule has 1 rings (SSSR count). The molecule has 0 spiro atoms. The number of hydrogen-bond acceptors (Lipinski definition) is 2. The van der Waals surface area contributed by atoms with Gasteiger partial charge in [0.2, 0.25) is 0 Å². The maximum atomic E-state index is 12.0. The largest absolute Gasteiger partial charge is 0.306 e. The summed E-state index contributed by atoms with van der Waals surface area (Å²) < 4.78 is 12.0. The Morgan fingerprint density at radius 3 is 2.50 bits per heavy atom.